The fourth-order valence-electron chi connectivity index (χ4n) is 2.70. The molecule has 0 spiro atoms. The lowest BCUT2D eigenvalue weighted by Gasteiger charge is -2.35. The maximum absolute atomic E-state index is 12.6. The molecule has 118 valence electrons. The maximum Gasteiger partial charge on any atom is 0.244 e. The molecule has 0 aromatic heterocycles. The van der Waals surface area contributed by atoms with Crippen LogP contribution in [-0.2, 0) is 10.0 Å². The monoisotopic (exact) mass is 313 g/mol. The lowest BCUT2D eigenvalue weighted by molar-refractivity contribution is 0.188. The van der Waals surface area contributed by atoms with E-state index in [1.54, 1.807) is 12.1 Å². The Bertz CT molecular complexity index is 603. The van der Waals surface area contributed by atoms with Crippen LogP contribution in [0.4, 0.5) is 5.69 Å². The zero-order valence-corrected chi connectivity index (χ0v) is 13.5. The molecule has 1 aliphatic rings. The van der Waals surface area contributed by atoms with Gasteiger partial charge in [0, 0.05) is 18.3 Å². The number of hydrogen-bond donors (Lipinski definition) is 2. The summed E-state index contributed by atoms with van der Waals surface area (Å²) in [5.41, 5.74) is 6.10. The summed E-state index contributed by atoms with van der Waals surface area (Å²) >= 11 is 0. The van der Waals surface area contributed by atoms with Crippen molar-refractivity contribution in [3.8, 4) is 5.75 Å². The normalized spacial score (nSPS) is 24.0. The largest absolute Gasteiger partial charge is 0.495 e. The van der Waals surface area contributed by atoms with Crippen molar-refractivity contribution in [2.75, 3.05) is 33.0 Å². The van der Waals surface area contributed by atoms with Gasteiger partial charge in [-0.15, -0.1) is 0 Å². The number of rotatable bonds is 4. The molecule has 2 rings (SSSR count). The van der Waals surface area contributed by atoms with Crippen LogP contribution >= 0.6 is 0 Å². The zero-order valence-electron chi connectivity index (χ0n) is 12.7. The molecule has 1 aliphatic heterocycles. The molecule has 0 saturated carbocycles. The summed E-state index contributed by atoms with van der Waals surface area (Å²) in [6, 6.07) is 4.55. The van der Waals surface area contributed by atoms with Crippen LogP contribution in [0.2, 0.25) is 0 Å². The second-order valence-corrected chi connectivity index (χ2v) is 7.35. The lowest BCUT2D eigenvalue weighted by atomic mass is 9.95. The van der Waals surface area contributed by atoms with E-state index < -0.39 is 10.0 Å². The van der Waals surface area contributed by atoms with Crippen molar-refractivity contribution in [3.05, 3.63) is 18.2 Å². The Morgan fingerprint density at radius 2 is 2.14 bits per heavy atom. The Labute approximate surface area is 126 Å². The van der Waals surface area contributed by atoms with E-state index in [1.807, 2.05) is 7.05 Å². The number of anilines is 1. The number of nitrogen functional groups attached to an aromatic ring is 1. The topological polar surface area (TPSA) is 84.7 Å². The van der Waals surface area contributed by atoms with Crippen molar-refractivity contribution in [3.63, 3.8) is 0 Å². The number of nitrogens with one attached hydrogen (secondary N) is 1. The van der Waals surface area contributed by atoms with Gasteiger partial charge in [-0.2, -0.15) is 0 Å². The molecule has 7 heteroatoms. The van der Waals surface area contributed by atoms with Crippen LogP contribution in [0, 0.1) is 5.92 Å². The number of likely N-dealkylation sites (tertiary alicyclic amines) is 1. The Balaban J connectivity index is 2.24. The van der Waals surface area contributed by atoms with Gasteiger partial charge in [-0.3, -0.25) is 0 Å². The number of sulfonamides is 1. The molecule has 0 amide bonds. The molecular formula is C14H23N3O3S. The molecule has 6 nitrogen and oxygen atoms in total. The lowest BCUT2D eigenvalue weighted by Crippen LogP contribution is -2.48. The number of nitrogens with two attached hydrogens (primary N) is 1. The molecule has 1 aromatic carbocycles. The molecule has 2 atom stereocenters. The number of piperidine rings is 1. The first kappa shape index (κ1) is 16.1. The van der Waals surface area contributed by atoms with Gasteiger partial charge in [0.1, 0.15) is 10.6 Å². The van der Waals surface area contributed by atoms with Crippen molar-refractivity contribution >= 4 is 15.7 Å². The molecule has 2 unspecified atom stereocenters. The van der Waals surface area contributed by atoms with E-state index in [1.165, 1.54) is 13.2 Å². The third kappa shape index (κ3) is 3.66. The predicted molar refractivity (Wildman–Crippen MR) is 82.8 cm³/mol. The fourth-order valence-corrected chi connectivity index (χ4v) is 4.28. The molecule has 0 aliphatic carbocycles. The van der Waals surface area contributed by atoms with E-state index in [9.17, 15) is 8.42 Å². The van der Waals surface area contributed by atoms with Crippen molar-refractivity contribution in [1.29, 1.82) is 0 Å². The van der Waals surface area contributed by atoms with Gasteiger partial charge in [0.05, 0.1) is 7.11 Å². The smallest absolute Gasteiger partial charge is 0.244 e. The van der Waals surface area contributed by atoms with Crippen LogP contribution in [-0.4, -0.2) is 46.6 Å². The first-order chi connectivity index (χ1) is 9.83. The van der Waals surface area contributed by atoms with E-state index in [0.717, 1.165) is 19.5 Å². The fraction of sp³-hybridized carbons (Fsp3) is 0.571. The van der Waals surface area contributed by atoms with Crippen molar-refractivity contribution in [1.82, 2.24) is 9.62 Å². The number of benzene rings is 1. The van der Waals surface area contributed by atoms with Crippen molar-refractivity contribution in [2.45, 2.75) is 24.3 Å². The SMILES string of the molecule is COc1ccc(N)cc1S(=O)(=O)NC1CCN(C)CC1C. The molecule has 21 heavy (non-hydrogen) atoms. The average Bonchev–Trinajstić information content (AvgIpc) is 2.42. The van der Waals surface area contributed by atoms with Crippen LogP contribution in [0.3, 0.4) is 0 Å². The Kier molecular flexibility index (Phi) is 4.75. The molecule has 1 saturated heterocycles. The van der Waals surface area contributed by atoms with Crippen LogP contribution in [0.15, 0.2) is 23.1 Å². The summed E-state index contributed by atoms with van der Waals surface area (Å²) in [6.07, 6.45) is 0.793. The molecule has 0 bridgehead atoms. The highest BCUT2D eigenvalue weighted by Gasteiger charge is 2.30. The van der Waals surface area contributed by atoms with Crippen LogP contribution in [0.25, 0.3) is 0 Å². The molecule has 0 radical (unpaired) electrons. The van der Waals surface area contributed by atoms with E-state index in [-0.39, 0.29) is 16.9 Å². The maximum atomic E-state index is 12.6. The average molecular weight is 313 g/mol. The van der Waals surface area contributed by atoms with E-state index in [4.69, 9.17) is 10.5 Å². The molecule has 1 fully saturated rings. The van der Waals surface area contributed by atoms with Gasteiger partial charge >= 0.3 is 0 Å². The minimum atomic E-state index is -3.65. The van der Waals surface area contributed by atoms with Crippen LogP contribution in [0.5, 0.6) is 5.75 Å². The minimum absolute atomic E-state index is 0.0719. The quantitative estimate of drug-likeness (QED) is 0.807. The number of nitrogens with zero attached hydrogens (tertiary/aromatic N) is 1. The van der Waals surface area contributed by atoms with Crippen LogP contribution < -0.4 is 15.2 Å². The van der Waals surface area contributed by atoms with Gasteiger partial charge in [-0.05, 0) is 44.1 Å². The third-order valence-corrected chi connectivity index (χ3v) is 5.40. The van der Waals surface area contributed by atoms with Gasteiger partial charge in [0.2, 0.25) is 10.0 Å². The van der Waals surface area contributed by atoms with Gasteiger partial charge in [-0.25, -0.2) is 13.1 Å². The summed E-state index contributed by atoms with van der Waals surface area (Å²) in [5.74, 6) is 0.558. The highest BCUT2D eigenvalue weighted by atomic mass is 32.2. The summed E-state index contributed by atoms with van der Waals surface area (Å²) in [7, 11) is -0.158. The summed E-state index contributed by atoms with van der Waals surface area (Å²) in [5, 5.41) is 0. The zero-order chi connectivity index (χ0) is 15.6. The van der Waals surface area contributed by atoms with E-state index in [0.29, 0.717) is 11.4 Å². The van der Waals surface area contributed by atoms with Crippen LogP contribution in [0.1, 0.15) is 13.3 Å². The van der Waals surface area contributed by atoms with E-state index >= 15 is 0 Å². The first-order valence-corrected chi connectivity index (χ1v) is 8.46. The predicted octanol–water partition coefficient (Wildman–Crippen LogP) is 0.896. The number of hydrogen-bond acceptors (Lipinski definition) is 5. The van der Waals surface area contributed by atoms with Gasteiger partial charge in [-0.1, -0.05) is 6.92 Å². The second kappa shape index (κ2) is 6.21. The first-order valence-electron chi connectivity index (χ1n) is 6.98. The molecule has 3 N–H and O–H groups in total. The Hall–Kier alpha value is -1.31. The number of methoxy groups -OCH3 is 1. The third-order valence-electron chi connectivity index (χ3n) is 3.89. The number of ether oxygens (including phenoxy) is 1. The second-order valence-electron chi connectivity index (χ2n) is 5.67. The minimum Gasteiger partial charge on any atom is -0.495 e. The Morgan fingerprint density at radius 3 is 2.76 bits per heavy atom. The van der Waals surface area contributed by atoms with Gasteiger partial charge < -0.3 is 15.4 Å². The van der Waals surface area contributed by atoms with Crippen molar-refractivity contribution in [2.24, 2.45) is 5.92 Å². The highest BCUT2D eigenvalue weighted by molar-refractivity contribution is 7.89. The highest BCUT2D eigenvalue weighted by Crippen LogP contribution is 2.27. The van der Waals surface area contributed by atoms with Gasteiger partial charge in [0.25, 0.3) is 0 Å². The van der Waals surface area contributed by atoms with Crippen molar-refractivity contribution < 1.29 is 13.2 Å². The summed E-state index contributed by atoms with van der Waals surface area (Å²) in [4.78, 5) is 2.30. The summed E-state index contributed by atoms with van der Waals surface area (Å²) in [6.45, 7) is 3.81. The molecular weight excluding hydrogens is 290 g/mol. The van der Waals surface area contributed by atoms with E-state index in [2.05, 4.69) is 16.5 Å². The molecule has 1 aromatic rings. The standard InChI is InChI=1S/C14H23N3O3S/c1-10-9-17(2)7-6-12(10)16-21(18,19)14-8-11(15)4-5-13(14)20-3/h4-5,8,10,12,16H,6-7,9,15H2,1-3H3. The Morgan fingerprint density at radius 1 is 1.43 bits per heavy atom. The molecule has 1 heterocycles. The summed E-state index contributed by atoms with van der Waals surface area (Å²) < 4.78 is 33.1. The van der Waals surface area contributed by atoms with Gasteiger partial charge in [0.15, 0.2) is 0 Å².